The van der Waals surface area contributed by atoms with E-state index in [1.165, 1.54) is 46.2 Å². The van der Waals surface area contributed by atoms with Crippen molar-refractivity contribution in [3.05, 3.63) is 119 Å². The molecule has 3 aromatic carbocycles. The summed E-state index contributed by atoms with van der Waals surface area (Å²) < 4.78 is 19.8. The first kappa shape index (κ1) is 29.2. The third kappa shape index (κ3) is 6.78. The van der Waals surface area contributed by atoms with Crippen molar-refractivity contribution in [3.63, 3.8) is 0 Å². The molecule has 214 valence electrons. The van der Waals surface area contributed by atoms with Crippen molar-refractivity contribution in [1.29, 1.82) is 0 Å². The summed E-state index contributed by atoms with van der Waals surface area (Å²) in [4.78, 5) is 28.4. The Morgan fingerprint density at radius 1 is 1.10 bits per heavy atom. The molecule has 2 heterocycles. The van der Waals surface area contributed by atoms with Crippen LogP contribution in [-0.2, 0) is 15.3 Å². The molecule has 42 heavy (non-hydrogen) atoms. The van der Waals surface area contributed by atoms with Crippen molar-refractivity contribution in [2.24, 2.45) is 0 Å². The van der Waals surface area contributed by atoms with Crippen LogP contribution in [0, 0.1) is 5.82 Å². The number of ether oxygens (including phenoxy) is 1. The molecule has 4 aromatic rings. The molecule has 1 aliphatic heterocycles. The highest BCUT2D eigenvalue weighted by atomic mass is 32.2. The number of carbonyl (C=O) groups is 2. The Balaban J connectivity index is 1.46. The number of hydrogen-bond acceptors (Lipinski definition) is 8. The molecule has 0 aliphatic carbocycles. The van der Waals surface area contributed by atoms with Gasteiger partial charge in [-0.25, -0.2) is 4.39 Å². The highest BCUT2D eigenvalue weighted by Gasteiger charge is 2.45. The van der Waals surface area contributed by atoms with Gasteiger partial charge in [0.2, 0.25) is 5.13 Å². The number of benzene rings is 3. The van der Waals surface area contributed by atoms with Gasteiger partial charge >= 0.3 is 0 Å². The van der Waals surface area contributed by atoms with Gasteiger partial charge < -0.3 is 9.84 Å². The molecule has 1 unspecified atom stereocenters. The minimum Gasteiger partial charge on any atom is -0.503 e. The number of aliphatic hydroxyl groups excluding tert-OH is 1. The first-order valence-corrected chi connectivity index (χ1v) is 15.2. The van der Waals surface area contributed by atoms with Gasteiger partial charge in [-0.05, 0) is 53.5 Å². The van der Waals surface area contributed by atoms with Crippen molar-refractivity contribution in [2.75, 3.05) is 11.5 Å². The maximum atomic E-state index is 13.5. The second kappa shape index (κ2) is 13.6. The molecule has 1 atom stereocenters. The van der Waals surface area contributed by atoms with Crippen LogP contribution in [0.2, 0.25) is 0 Å². The summed E-state index contributed by atoms with van der Waals surface area (Å²) in [5, 5.41) is 19.8. The van der Waals surface area contributed by atoms with E-state index in [0.29, 0.717) is 28.0 Å². The van der Waals surface area contributed by atoms with Crippen LogP contribution in [-0.4, -0.2) is 33.6 Å². The highest BCUT2D eigenvalue weighted by Crippen LogP contribution is 2.44. The van der Waals surface area contributed by atoms with E-state index < -0.39 is 23.5 Å². The average molecular weight is 602 g/mol. The quantitative estimate of drug-likeness (QED) is 0.0787. The van der Waals surface area contributed by atoms with Gasteiger partial charge in [-0.1, -0.05) is 97.1 Å². The zero-order chi connectivity index (χ0) is 29.5. The molecule has 0 radical (unpaired) electrons. The number of thioether (sulfide) groups is 1. The standard InChI is InChI=1S/C32H28FN3O4S2/c1-2-3-18-40-25-11-7-10-23(19-25)28-27(26(37)17-14-21-8-5-4-6-9-21)29(38)30(39)36(28)31-34-35-32(42-31)41-20-22-12-15-24(33)16-13-22/h4-17,19,28,38H,2-3,18,20H2,1H3. The Morgan fingerprint density at radius 2 is 1.88 bits per heavy atom. The maximum Gasteiger partial charge on any atom is 0.296 e. The molecule has 1 amide bonds. The lowest BCUT2D eigenvalue weighted by Crippen LogP contribution is -2.30. The molecule has 0 saturated heterocycles. The molecule has 7 nitrogen and oxygen atoms in total. The van der Waals surface area contributed by atoms with Crippen LogP contribution in [0.25, 0.3) is 6.08 Å². The third-order valence-electron chi connectivity index (χ3n) is 6.52. The zero-order valence-electron chi connectivity index (χ0n) is 22.8. The van der Waals surface area contributed by atoms with Gasteiger partial charge in [-0.2, -0.15) is 0 Å². The van der Waals surface area contributed by atoms with Crippen LogP contribution in [0.5, 0.6) is 5.75 Å². The molecule has 0 bridgehead atoms. The Hall–Kier alpha value is -4.28. The number of hydrogen-bond donors (Lipinski definition) is 1. The second-order valence-electron chi connectivity index (χ2n) is 9.49. The number of anilines is 1. The van der Waals surface area contributed by atoms with Crippen LogP contribution >= 0.6 is 23.1 Å². The molecule has 0 fully saturated rings. The van der Waals surface area contributed by atoms with Gasteiger partial charge in [0, 0.05) is 5.75 Å². The monoisotopic (exact) mass is 601 g/mol. The third-order valence-corrected chi connectivity index (χ3v) is 8.65. The summed E-state index contributed by atoms with van der Waals surface area (Å²) in [5.74, 6) is -1.04. The van der Waals surface area contributed by atoms with Gasteiger partial charge in [0.05, 0.1) is 18.2 Å². The summed E-state index contributed by atoms with van der Waals surface area (Å²) in [6.07, 6.45) is 4.87. The van der Waals surface area contributed by atoms with Crippen molar-refractivity contribution >= 4 is 46.0 Å². The van der Waals surface area contributed by atoms with Gasteiger partial charge in [-0.3, -0.25) is 14.5 Å². The van der Waals surface area contributed by atoms with Crippen molar-refractivity contribution < 1.29 is 23.8 Å². The van der Waals surface area contributed by atoms with Gasteiger partial charge in [0.25, 0.3) is 5.91 Å². The van der Waals surface area contributed by atoms with Crippen LogP contribution < -0.4 is 9.64 Å². The predicted molar refractivity (Wildman–Crippen MR) is 163 cm³/mol. The number of unbranched alkanes of at least 4 members (excludes halogenated alkanes) is 1. The maximum absolute atomic E-state index is 13.5. The number of rotatable bonds is 12. The summed E-state index contributed by atoms with van der Waals surface area (Å²) in [6, 6.07) is 21.7. The predicted octanol–water partition coefficient (Wildman–Crippen LogP) is 7.33. The number of aromatic nitrogens is 2. The van der Waals surface area contributed by atoms with E-state index in [1.54, 1.807) is 36.4 Å². The van der Waals surface area contributed by atoms with E-state index in [2.05, 4.69) is 17.1 Å². The Labute approximate surface area is 251 Å². The van der Waals surface area contributed by atoms with Crippen molar-refractivity contribution in [2.45, 2.75) is 35.9 Å². The van der Waals surface area contributed by atoms with Crippen LogP contribution in [0.1, 0.15) is 42.5 Å². The smallest absolute Gasteiger partial charge is 0.296 e. The fourth-order valence-corrected chi connectivity index (χ4v) is 6.21. The molecule has 1 aliphatic rings. The molecular weight excluding hydrogens is 574 g/mol. The Morgan fingerprint density at radius 3 is 2.64 bits per heavy atom. The molecule has 1 aromatic heterocycles. The Kier molecular flexibility index (Phi) is 9.45. The minimum absolute atomic E-state index is 0.0476. The average Bonchev–Trinajstić information content (AvgIpc) is 3.58. The fraction of sp³-hybridized carbons (Fsp3) is 0.188. The highest BCUT2D eigenvalue weighted by molar-refractivity contribution is 8.00. The van der Waals surface area contributed by atoms with Crippen LogP contribution in [0.15, 0.2) is 101 Å². The minimum atomic E-state index is -0.942. The van der Waals surface area contributed by atoms with E-state index >= 15 is 0 Å². The first-order valence-electron chi connectivity index (χ1n) is 13.4. The van der Waals surface area contributed by atoms with Gasteiger partial charge in [-0.15, -0.1) is 10.2 Å². The molecular formula is C32H28FN3O4S2. The topological polar surface area (TPSA) is 92.6 Å². The fourth-order valence-electron chi connectivity index (χ4n) is 4.39. The van der Waals surface area contributed by atoms with Crippen LogP contribution in [0.3, 0.4) is 0 Å². The summed E-state index contributed by atoms with van der Waals surface area (Å²) in [6.45, 7) is 2.61. The lowest BCUT2D eigenvalue weighted by atomic mass is 9.95. The largest absolute Gasteiger partial charge is 0.503 e. The first-order chi connectivity index (χ1) is 20.4. The van der Waals surface area contributed by atoms with Crippen molar-refractivity contribution in [3.8, 4) is 5.75 Å². The summed E-state index contributed by atoms with van der Waals surface area (Å²) in [7, 11) is 0. The lowest BCUT2D eigenvalue weighted by molar-refractivity contribution is -0.117. The molecule has 10 heteroatoms. The number of aliphatic hydroxyl groups is 1. The summed E-state index contributed by atoms with van der Waals surface area (Å²) >= 11 is 2.57. The van der Waals surface area contributed by atoms with E-state index in [9.17, 15) is 19.1 Å². The summed E-state index contributed by atoms with van der Waals surface area (Å²) in [5.41, 5.74) is 2.26. The lowest BCUT2D eigenvalue weighted by Gasteiger charge is -2.24. The SMILES string of the molecule is CCCCOc1cccc(C2C(C(=O)C=Cc3ccccc3)=C(O)C(=O)N2c2nnc(SCc3ccc(F)cc3)s2)c1. The number of carbonyl (C=O) groups excluding carboxylic acids is 2. The van der Waals surface area contributed by atoms with Crippen LogP contribution in [0.4, 0.5) is 9.52 Å². The second-order valence-corrected chi connectivity index (χ2v) is 11.7. The number of ketones is 1. The zero-order valence-corrected chi connectivity index (χ0v) is 24.4. The van der Waals surface area contributed by atoms with E-state index in [-0.39, 0.29) is 16.5 Å². The molecule has 0 saturated carbocycles. The number of allylic oxidation sites excluding steroid dienone is 1. The van der Waals surface area contributed by atoms with Gasteiger partial charge in [0.15, 0.2) is 15.9 Å². The number of halogens is 1. The van der Waals surface area contributed by atoms with Gasteiger partial charge in [0.1, 0.15) is 11.6 Å². The molecule has 5 rings (SSSR count). The normalized spacial score (nSPS) is 15.1. The van der Waals surface area contributed by atoms with E-state index in [0.717, 1.165) is 24.0 Å². The van der Waals surface area contributed by atoms with Crippen molar-refractivity contribution in [1.82, 2.24) is 10.2 Å². The number of nitrogens with zero attached hydrogens (tertiary/aromatic N) is 3. The van der Waals surface area contributed by atoms with E-state index in [1.807, 2.05) is 36.4 Å². The molecule has 1 N–H and O–H groups in total. The molecule has 0 spiro atoms. The number of amides is 1. The Bertz CT molecular complexity index is 1620. The van der Waals surface area contributed by atoms with E-state index in [4.69, 9.17) is 4.74 Å².